The molecule has 1 aromatic carbocycles. The van der Waals surface area contributed by atoms with Gasteiger partial charge in [-0.25, -0.2) is 0 Å². The summed E-state index contributed by atoms with van der Waals surface area (Å²) in [4.78, 5) is 12.6. The summed E-state index contributed by atoms with van der Waals surface area (Å²) in [6.07, 6.45) is 8.87. The lowest BCUT2D eigenvalue weighted by molar-refractivity contribution is -0.136. The molecule has 2 fully saturated rings. The number of anilines is 1. The van der Waals surface area contributed by atoms with E-state index in [0.29, 0.717) is 6.10 Å². The van der Waals surface area contributed by atoms with E-state index in [2.05, 4.69) is 5.32 Å². The number of amides is 1. The number of nitrogens with one attached hydrogen (secondary N) is 1. The molecule has 0 aromatic heterocycles. The van der Waals surface area contributed by atoms with Crippen LogP contribution < -0.4 is 10.1 Å². The highest BCUT2D eigenvalue weighted by molar-refractivity contribution is 5.97. The van der Waals surface area contributed by atoms with Gasteiger partial charge in [0.2, 0.25) is 0 Å². The molecule has 4 nitrogen and oxygen atoms in total. The van der Waals surface area contributed by atoms with Crippen LogP contribution in [0.5, 0.6) is 5.75 Å². The number of rotatable bonds is 5. The number of carbonyl (C=O) groups is 1. The SMILES string of the molecule is COC1(C(=O)Nc2ccc(OC3CCCC3)c(C)c2)CCCC1. The van der Waals surface area contributed by atoms with E-state index in [1.54, 1.807) is 7.11 Å². The third-order valence-electron chi connectivity index (χ3n) is 5.24. The van der Waals surface area contributed by atoms with Crippen molar-refractivity contribution in [1.29, 1.82) is 0 Å². The van der Waals surface area contributed by atoms with Gasteiger partial charge in [0.1, 0.15) is 11.4 Å². The van der Waals surface area contributed by atoms with E-state index in [1.165, 1.54) is 12.8 Å². The molecule has 1 N–H and O–H groups in total. The summed E-state index contributed by atoms with van der Waals surface area (Å²) in [6.45, 7) is 2.03. The topological polar surface area (TPSA) is 47.6 Å². The van der Waals surface area contributed by atoms with Crippen molar-refractivity contribution in [3.05, 3.63) is 23.8 Å². The van der Waals surface area contributed by atoms with Gasteiger partial charge in [-0.3, -0.25) is 4.79 Å². The Morgan fingerprint density at radius 1 is 1.17 bits per heavy atom. The minimum Gasteiger partial charge on any atom is -0.490 e. The summed E-state index contributed by atoms with van der Waals surface area (Å²) in [6, 6.07) is 5.88. The molecule has 0 bridgehead atoms. The molecule has 2 aliphatic carbocycles. The molecule has 0 heterocycles. The zero-order valence-electron chi connectivity index (χ0n) is 14.2. The van der Waals surface area contributed by atoms with Crippen LogP contribution in [0, 0.1) is 6.92 Å². The molecule has 0 atom stereocenters. The highest BCUT2D eigenvalue weighted by Crippen LogP contribution is 2.34. The van der Waals surface area contributed by atoms with E-state index in [9.17, 15) is 4.79 Å². The first-order valence-corrected chi connectivity index (χ1v) is 8.77. The van der Waals surface area contributed by atoms with Crippen LogP contribution in [0.2, 0.25) is 0 Å². The van der Waals surface area contributed by atoms with Crippen LogP contribution in [0.3, 0.4) is 0 Å². The average molecular weight is 317 g/mol. The van der Waals surface area contributed by atoms with Crippen LogP contribution in [-0.4, -0.2) is 24.7 Å². The van der Waals surface area contributed by atoms with Crippen molar-refractivity contribution in [3.8, 4) is 5.75 Å². The van der Waals surface area contributed by atoms with Crippen molar-refractivity contribution >= 4 is 11.6 Å². The second-order valence-electron chi connectivity index (χ2n) is 6.86. The fraction of sp³-hybridized carbons (Fsp3) is 0.632. The minimum absolute atomic E-state index is 0.0265. The first-order chi connectivity index (χ1) is 11.1. The average Bonchev–Trinajstić information content (AvgIpc) is 3.22. The molecule has 126 valence electrons. The van der Waals surface area contributed by atoms with Crippen LogP contribution in [0.15, 0.2) is 18.2 Å². The van der Waals surface area contributed by atoms with E-state index in [1.807, 2.05) is 25.1 Å². The number of methoxy groups -OCH3 is 1. The molecule has 1 aromatic rings. The Morgan fingerprint density at radius 2 is 1.87 bits per heavy atom. The molecule has 4 heteroatoms. The van der Waals surface area contributed by atoms with Crippen molar-refractivity contribution in [2.24, 2.45) is 0 Å². The Hall–Kier alpha value is -1.55. The van der Waals surface area contributed by atoms with Gasteiger partial charge in [-0.15, -0.1) is 0 Å². The van der Waals surface area contributed by atoms with E-state index in [4.69, 9.17) is 9.47 Å². The van der Waals surface area contributed by atoms with Gasteiger partial charge in [0.15, 0.2) is 0 Å². The molecular formula is C19H27NO3. The summed E-state index contributed by atoms with van der Waals surface area (Å²) in [7, 11) is 1.63. The summed E-state index contributed by atoms with van der Waals surface area (Å²) in [5.74, 6) is 0.901. The Bertz CT molecular complexity index is 558. The van der Waals surface area contributed by atoms with Gasteiger partial charge in [-0.2, -0.15) is 0 Å². The maximum Gasteiger partial charge on any atom is 0.256 e. The fourth-order valence-corrected chi connectivity index (χ4v) is 3.76. The molecule has 0 unspecified atom stereocenters. The zero-order valence-corrected chi connectivity index (χ0v) is 14.2. The lowest BCUT2D eigenvalue weighted by atomic mass is 10.0. The highest BCUT2D eigenvalue weighted by atomic mass is 16.5. The van der Waals surface area contributed by atoms with Crippen molar-refractivity contribution < 1.29 is 14.3 Å². The van der Waals surface area contributed by atoms with Gasteiger partial charge in [-0.1, -0.05) is 0 Å². The smallest absolute Gasteiger partial charge is 0.256 e. The largest absolute Gasteiger partial charge is 0.490 e. The van der Waals surface area contributed by atoms with Crippen molar-refractivity contribution in [2.75, 3.05) is 12.4 Å². The molecule has 23 heavy (non-hydrogen) atoms. The first-order valence-electron chi connectivity index (χ1n) is 8.77. The molecule has 1 amide bonds. The summed E-state index contributed by atoms with van der Waals surface area (Å²) >= 11 is 0. The van der Waals surface area contributed by atoms with E-state index < -0.39 is 5.60 Å². The van der Waals surface area contributed by atoms with Crippen molar-refractivity contribution in [2.45, 2.75) is 70.0 Å². The van der Waals surface area contributed by atoms with Crippen LogP contribution in [0.4, 0.5) is 5.69 Å². The van der Waals surface area contributed by atoms with Gasteiger partial charge in [-0.05, 0) is 82.1 Å². The van der Waals surface area contributed by atoms with Gasteiger partial charge in [0, 0.05) is 12.8 Å². The van der Waals surface area contributed by atoms with Crippen LogP contribution in [0.1, 0.15) is 56.9 Å². The Morgan fingerprint density at radius 3 is 2.48 bits per heavy atom. The summed E-state index contributed by atoms with van der Waals surface area (Å²) < 4.78 is 11.6. The first kappa shape index (κ1) is 16.3. The molecule has 0 radical (unpaired) electrons. The molecule has 3 rings (SSSR count). The van der Waals surface area contributed by atoms with Gasteiger partial charge in [0.25, 0.3) is 5.91 Å². The van der Waals surface area contributed by atoms with Crippen LogP contribution in [-0.2, 0) is 9.53 Å². The second kappa shape index (κ2) is 6.91. The standard InChI is InChI=1S/C19H27NO3/c1-14-13-15(9-10-17(14)23-16-7-3-4-8-16)20-18(21)19(22-2)11-5-6-12-19/h9-10,13,16H,3-8,11-12H2,1-2H3,(H,20,21). The maximum absolute atomic E-state index is 12.6. The molecular weight excluding hydrogens is 290 g/mol. The molecule has 2 saturated carbocycles. The number of benzene rings is 1. The number of ether oxygens (including phenoxy) is 2. The van der Waals surface area contributed by atoms with Gasteiger partial charge < -0.3 is 14.8 Å². The van der Waals surface area contributed by atoms with Crippen LogP contribution >= 0.6 is 0 Å². The van der Waals surface area contributed by atoms with Crippen LogP contribution in [0.25, 0.3) is 0 Å². The third-order valence-corrected chi connectivity index (χ3v) is 5.24. The molecule has 0 aliphatic heterocycles. The Kier molecular flexibility index (Phi) is 4.90. The normalized spacial score (nSPS) is 20.6. The van der Waals surface area contributed by atoms with Crippen molar-refractivity contribution in [3.63, 3.8) is 0 Å². The Balaban J connectivity index is 1.66. The zero-order chi connectivity index (χ0) is 16.3. The fourth-order valence-electron chi connectivity index (χ4n) is 3.76. The van der Waals surface area contributed by atoms with E-state index >= 15 is 0 Å². The lowest BCUT2D eigenvalue weighted by Gasteiger charge is -2.26. The minimum atomic E-state index is -0.646. The number of hydrogen-bond donors (Lipinski definition) is 1. The van der Waals surface area contributed by atoms with E-state index in [-0.39, 0.29) is 5.91 Å². The molecule has 2 aliphatic rings. The monoisotopic (exact) mass is 317 g/mol. The molecule has 0 spiro atoms. The molecule has 0 saturated heterocycles. The van der Waals surface area contributed by atoms with Gasteiger partial charge in [0.05, 0.1) is 6.10 Å². The predicted molar refractivity (Wildman–Crippen MR) is 90.9 cm³/mol. The predicted octanol–water partition coefficient (Wildman–Crippen LogP) is 4.21. The second-order valence-corrected chi connectivity index (χ2v) is 6.86. The van der Waals surface area contributed by atoms with Gasteiger partial charge >= 0.3 is 0 Å². The summed E-state index contributed by atoms with van der Waals surface area (Å²) in [5.41, 5.74) is 1.23. The number of hydrogen-bond acceptors (Lipinski definition) is 3. The number of aryl methyl sites for hydroxylation is 1. The lowest BCUT2D eigenvalue weighted by Crippen LogP contribution is -2.42. The third kappa shape index (κ3) is 3.52. The Labute approximate surface area is 138 Å². The highest BCUT2D eigenvalue weighted by Gasteiger charge is 2.41. The quantitative estimate of drug-likeness (QED) is 0.884. The number of carbonyl (C=O) groups excluding carboxylic acids is 1. The van der Waals surface area contributed by atoms with E-state index in [0.717, 1.165) is 55.5 Å². The maximum atomic E-state index is 12.6. The summed E-state index contributed by atoms with van der Waals surface area (Å²) in [5, 5.41) is 3.02. The van der Waals surface area contributed by atoms with Crippen molar-refractivity contribution in [1.82, 2.24) is 0 Å².